The zero-order valence-electron chi connectivity index (χ0n) is 15.5. The highest BCUT2D eigenvalue weighted by Crippen LogP contribution is 2.21. The van der Waals surface area contributed by atoms with Crippen LogP contribution in [0.5, 0.6) is 11.5 Å². The maximum atomic E-state index is 12.5. The second-order valence-corrected chi connectivity index (χ2v) is 6.47. The van der Waals surface area contributed by atoms with Crippen molar-refractivity contribution in [3.8, 4) is 11.5 Å². The van der Waals surface area contributed by atoms with Crippen LogP contribution in [0.1, 0.15) is 15.9 Å². The normalized spacial score (nSPS) is 10.0. The van der Waals surface area contributed by atoms with Crippen LogP contribution >= 0.6 is 12.2 Å². The molecule has 0 atom stereocenters. The monoisotopic (exact) mass is 391 g/mol. The molecule has 28 heavy (non-hydrogen) atoms. The molecular weight excluding hydrogens is 370 g/mol. The Labute approximate surface area is 169 Å². The largest absolute Gasteiger partial charge is 0.457 e. The van der Waals surface area contributed by atoms with Crippen LogP contribution in [0.3, 0.4) is 0 Å². The lowest BCUT2D eigenvalue weighted by Gasteiger charge is -2.22. The average Bonchev–Trinajstić information content (AvgIpc) is 2.73. The molecule has 0 aliphatic heterocycles. The Morgan fingerprint density at radius 2 is 1.57 bits per heavy atom. The van der Waals surface area contributed by atoms with Gasteiger partial charge in [-0.3, -0.25) is 15.2 Å². The summed E-state index contributed by atoms with van der Waals surface area (Å²) < 4.78 is 5.78. The molecule has 0 heterocycles. The van der Waals surface area contributed by atoms with E-state index in [0.29, 0.717) is 28.7 Å². The maximum absolute atomic E-state index is 12.5. The van der Waals surface area contributed by atoms with E-state index in [1.54, 1.807) is 31.3 Å². The minimum Gasteiger partial charge on any atom is -0.457 e. The van der Waals surface area contributed by atoms with Crippen LogP contribution in [-0.4, -0.2) is 23.1 Å². The van der Waals surface area contributed by atoms with Crippen molar-refractivity contribution >= 4 is 23.2 Å². The van der Waals surface area contributed by atoms with Gasteiger partial charge in [-0.05, 0) is 48.1 Å². The average molecular weight is 391 g/mol. The molecule has 3 aromatic rings. The van der Waals surface area contributed by atoms with E-state index in [9.17, 15) is 4.79 Å². The van der Waals surface area contributed by atoms with Crippen LogP contribution in [0.25, 0.3) is 0 Å². The smallest absolute Gasteiger partial charge is 0.269 e. The van der Waals surface area contributed by atoms with E-state index in [1.165, 1.54) is 5.01 Å². The number of thiocarbonyl (C=S) groups is 1. The first kappa shape index (κ1) is 19.4. The highest BCUT2D eigenvalue weighted by Gasteiger charge is 2.11. The SMILES string of the molecule is CN(NC(=O)c1cccc(Oc2ccccc2)c1)C(=S)NCc1ccccc1. The van der Waals surface area contributed by atoms with Gasteiger partial charge in [0, 0.05) is 19.2 Å². The second kappa shape index (κ2) is 9.53. The second-order valence-electron chi connectivity index (χ2n) is 6.09. The Bertz CT molecular complexity index is 933. The molecule has 1 amide bonds. The standard InChI is InChI=1S/C22H21N3O2S/c1-25(22(28)23-16-17-9-4-2-5-10-17)24-21(26)18-11-8-14-20(15-18)27-19-12-6-3-7-13-19/h2-15H,16H2,1H3,(H,23,28)(H,24,26). The lowest BCUT2D eigenvalue weighted by atomic mass is 10.2. The van der Waals surface area contributed by atoms with Gasteiger partial charge in [0.1, 0.15) is 11.5 Å². The number of hydrogen-bond donors (Lipinski definition) is 2. The zero-order chi connectivity index (χ0) is 19.8. The van der Waals surface area contributed by atoms with Crippen molar-refractivity contribution in [3.63, 3.8) is 0 Å². The van der Waals surface area contributed by atoms with E-state index in [2.05, 4.69) is 10.7 Å². The molecule has 0 radical (unpaired) electrons. The molecule has 0 spiro atoms. The predicted octanol–water partition coefficient (Wildman–Crippen LogP) is 4.13. The van der Waals surface area contributed by atoms with Gasteiger partial charge in [0.25, 0.3) is 5.91 Å². The molecule has 6 heteroatoms. The third kappa shape index (κ3) is 5.56. The van der Waals surface area contributed by atoms with Crippen molar-refractivity contribution in [2.75, 3.05) is 7.05 Å². The molecule has 0 bridgehead atoms. The highest BCUT2D eigenvalue weighted by atomic mass is 32.1. The summed E-state index contributed by atoms with van der Waals surface area (Å²) in [6.45, 7) is 0.584. The molecule has 5 nitrogen and oxygen atoms in total. The molecule has 0 fully saturated rings. The van der Waals surface area contributed by atoms with Crippen LogP contribution in [0.4, 0.5) is 0 Å². The fourth-order valence-electron chi connectivity index (χ4n) is 2.49. The Morgan fingerprint density at radius 1 is 0.929 bits per heavy atom. The first-order valence-electron chi connectivity index (χ1n) is 8.81. The Balaban J connectivity index is 1.56. The molecule has 2 N–H and O–H groups in total. The van der Waals surface area contributed by atoms with E-state index in [1.807, 2.05) is 60.7 Å². The number of rotatable bonds is 5. The lowest BCUT2D eigenvalue weighted by molar-refractivity contribution is 0.0886. The highest BCUT2D eigenvalue weighted by molar-refractivity contribution is 7.80. The maximum Gasteiger partial charge on any atom is 0.269 e. The van der Waals surface area contributed by atoms with Crippen molar-refractivity contribution in [3.05, 3.63) is 96.1 Å². The number of carbonyl (C=O) groups is 1. The van der Waals surface area contributed by atoms with Gasteiger partial charge in [-0.15, -0.1) is 0 Å². The summed E-state index contributed by atoms with van der Waals surface area (Å²) in [7, 11) is 1.70. The Kier molecular flexibility index (Phi) is 6.59. The van der Waals surface area contributed by atoms with Gasteiger partial charge >= 0.3 is 0 Å². The summed E-state index contributed by atoms with van der Waals surface area (Å²) in [6, 6.07) is 26.3. The number of nitrogens with one attached hydrogen (secondary N) is 2. The topological polar surface area (TPSA) is 53.6 Å². The summed E-state index contributed by atoms with van der Waals surface area (Å²) in [5.41, 5.74) is 4.34. The number of benzene rings is 3. The van der Waals surface area contributed by atoms with Gasteiger partial charge in [-0.2, -0.15) is 0 Å². The minimum atomic E-state index is -0.273. The molecule has 0 unspecified atom stereocenters. The predicted molar refractivity (Wildman–Crippen MR) is 114 cm³/mol. The summed E-state index contributed by atoms with van der Waals surface area (Å²) in [6.07, 6.45) is 0. The van der Waals surface area contributed by atoms with Crippen molar-refractivity contribution in [2.45, 2.75) is 6.54 Å². The summed E-state index contributed by atoms with van der Waals surface area (Å²) in [5.74, 6) is 1.03. The molecule has 142 valence electrons. The first-order valence-corrected chi connectivity index (χ1v) is 9.22. The summed E-state index contributed by atoms with van der Waals surface area (Å²) in [5, 5.41) is 5.03. The van der Waals surface area contributed by atoms with Gasteiger partial charge in [0.2, 0.25) is 0 Å². The van der Waals surface area contributed by atoms with Gasteiger partial charge in [0.05, 0.1) is 0 Å². The lowest BCUT2D eigenvalue weighted by Crippen LogP contribution is -2.47. The molecule has 0 saturated carbocycles. The van der Waals surface area contributed by atoms with Crippen molar-refractivity contribution in [1.29, 1.82) is 0 Å². The van der Waals surface area contributed by atoms with E-state index in [0.717, 1.165) is 5.56 Å². The zero-order valence-corrected chi connectivity index (χ0v) is 16.3. The van der Waals surface area contributed by atoms with Gasteiger partial charge in [-0.1, -0.05) is 54.6 Å². The third-order valence-electron chi connectivity index (χ3n) is 3.94. The summed E-state index contributed by atoms with van der Waals surface area (Å²) in [4.78, 5) is 12.5. The van der Waals surface area contributed by atoms with Gasteiger partial charge in [0.15, 0.2) is 5.11 Å². The number of nitrogens with zero attached hydrogens (tertiary/aromatic N) is 1. The Morgan fingerprint density at radius 3 is 2.29 bits per heavy atom. The van der Waals surface area contributed by atoms with E-state index >= 15 is 0 Å². The Hall–Kier alpha value is -3.38. The number of hydrogen-bond acceptors (Lipinski definition) is 3. The van der Waals surface area contributed by atoms with Crippen molar-refractivity contribution < 1.29 is 9.53 Å². The first-order chi connectivity index (χ1) is 13.6. The van der Waals surface area contributed by atoms with E-state index in [-0.39, 0.29) is 5.91 Å². The number of ether oxygens (including phenoxy) is 1. The van der Waals surface area contributed by atoms with Crippen LogP contribution in [0.15, 0.2) is 84.9 Å². The molecule has 3 rings (SSSR count). The van der Waals surface area contributed by atoms with Crippen molar-refractivity contribution in [1.82, 2.24) is 15.8 Å². The fourth-order valence-corrected chi connectivity index (χ4v) is 2.60. The molecular formula is C22H21N3O2S. The molecule has 0 aliphatic rings. The third-order valence-corrected chi connectivity index (χ3v) is 4.35. The molecule has 0 aliphatic carbocycles. The quantitative estimate of drug-likeness (QED) is 0.506. The van der Waals surface area contributed by atoms with E-state index in [4.69, 9.17) is 17.0 Å². The fraction of sp³-hybridized carbons (Fsp3) is 0.0909. The van der Waals surface area contributed by atoms with E-state index < -0.39 is 0 Å². The number of para-hydroxylation sites is 1. The number of amides is 1. The van der Waals surface area contributed by atoms with Gasteiger partial charge in [-0.25, -0.2) is 0 Å². The summed E-state index contributed by atoms with van der Waals surface area (Å²) >= 11 is 5.33. The van der Waals surface area contributed by atoms with Crippen LogP contribution < -0.4 is 15.5 Å². The van der Waals surface area contributed by atoms with Crippen LogP contribution in [0.2, 0.25) is 0 Å². The minimum absolute atomic E-state index is 0.273. The number of hydrazine groups is 1. The molecule has 3 aromatic carbocycles. The van der Waals surface area contributed by atoms with Crippen LogP contribution in [0, 0.1) is 0 Å². The molecule has 0 aromatic heterocycles. The molecule has 0 saturated heterocycles. The van der Waals surface area contributed by atoms with Gasteiger partial charge < -0.3 is 10.1 Å². The van der Waals surface area contributed by atoms with Crippen molar-refractivity contribution in [2.24, 2.45) is 0 Å². The van der Waals surface area contributed by atoms with Crippen LogP contribution in [-0.2, 0) is 6.54 Å². The number of carbonyl (C=O) groups excluding carboxylic acids is 1.